The number of nitrogens with zero attached hydrogens (tertiary/aromatic N) is 1. The second-order valence-electron chi connectivity index (χ2n) is 4.72. The second kappa shape index (κ2) is 7.31. The molecule has 0 aromatic heterocycles. The maximum atomic E-state index is 12.3. The maximum absolute atomic E-state index is 12.3. The zero-order chi connectivity index (χ0) is 17.0. The number of carbonyl (C=O) groups is 1. The zero-order valence-electron chi connectivity index (χ0n) is 12.2. The van der Waals surface area contributed by atoms with E-state index in [1.807, 2.05) is 0 Å². The molecule has 2 rings (SSSR count). The molecule has 0 heterocycles. The summed E-state index contributed by atoms with van der Waals surface area (Å²) in [6.45, 7) is -0.347. The summed E-state index contributed by atoms with van der Waals surface area (Å²) in [6.07, 6.45) is 0. The number of nitrogens with one attached hydrogen (secondary N) is 1. The number of sulfonamides is 1. The van der Waals surface area contributed by atoms with Gasteiger partial charge in [0.05, 0.1) is 27.2 Å². The molecule has 8 heteroatoms. The summed E-state index contributed by atoms with van der Waals surface area (Å²) < 4.78 is 25.6. The lowest BCUT2D eigenvalue weighted by molar-refractivity contribution is -0.116. The van der Waals surface area contributed by atoms with E-state index in [1.54, 1.807) is 36.4 Å². The summed E-state index contributed by atoms with van der Waals surface area (Å²) in [4.78, 5) is 12.2. The Bertz CT molecular complexity index is 811. The van der Waals surface area contributed by atoms with Crippen molar-refractivity contribution in [2.75, 3.05) is 18.9 Å². The average Bonchev–Trinajstić information content (AvgIpc) is 2.52. The number of benzene rings is 2. The van der Waals surface area contributed by atoms with Crippen LogP contribution in [0.15, 0.2) is 53.4 Å². The lowest BCUT2D eigenvalue weighted by atomic mass is 10.3. The Morgan fingerprint density at radius 3 is 2.39 bits per heavy atom. The van der Waals surface area contributed by atoms with Crippen LogP contribution >= 0.6 is 23.2 Å². The first-order valence-corrected chi connectivity index (χ1v) is 8.77. The van der Waals surface area contributed by atoms with Crippen LogP contribution in [0, 0.1) is 0 Å². The van der Waals surface area contributed by atoms with Crippen molar-refractivity contribution >= 4 is 44.8 Å². The van der Waals surface area contributed by atoms with E-state index in [-0.39, 0.29) is 16.5 Å². The fourth-order valence-corrected chi connectivity index (χ4v) is 3.35. The molecule has 2 aromatic carbocycles. The SMILES string of the molecule is CN(CC(=O)Nc1cccc(Cl)c1Cl)S(=O)(=O)c1ccccc1. The molecule has 5 nitrogen and oxygen atoms in total. The van der Waals surface area contributed by atoms with Gasteiger partial charge in [-0.3, -0.25) is 4.79 Å². The highest BCUT2D eigenvalue weighted by molar-refractivity contribution is 7.89. The van der Waals surface area contributed by atoms with Gasteiger partial charge in [-0.1, -0.05) is 47.5 Å². The van der Waals surface area contributed by atoms with Crippen LogP contribution in [0.2, 0.25) is 10.0 Å². The minimum atomic E-state index is -3.73. The smallest absolute Gasteiger partial charge is 0.243 e. The Morgan fingerprint density at radius 2 is 1.74 bits per heavy atom. The van der Waals surface area contributed by atoms with E-state index in [0.717, 1.165) is 4.31 Å². The Labute approximate surface area is 144 Å². The van der Waals surface area contributed by atoms with Crippen molar-refractivity contribution in [1.29, 1.82) is 0 Å². The Hall–Kier alpha value is -1.60. The fraction of sp³-hybridized carbons (Fsp3) is 0.133. The highest BCUT2D eigenvalue weighted by Gasteiger charge is 2.23. The highest BCUT2D eigenvalue weighted by atomic mass is 35.5. The number of hydrogen-bond acceptors (Lipinski definition) is 3. The molecule has 0 unspecified atom stereocenters. The van der Waals surface area contributed by atoms with Crippen LogP contribution in [0.3, 0.4) is 0 Å². The van der Waals surface area contributed by atoms with E-state index < -0.39 is 15.9 Å². The number of anilines is 1. The van der Waals surface area contributed by atoms with Gasteiger partial charge in [0.15, 0.2) is 0 Å². The van der Waals surface area contributed by atoms with Crippen molar-refractivity contribution in [2.45, 2.75) is 4.90 Å². The maximum Gasteiger partial charge on any atom is 0.243 e. The molecule has 1 N–H and O–H groups in total. The van der Waals surface area contributed by atoms with Crippen molar-refractivity contribution in [3.05, 3.63) is 58.6 Å². The number of amides is 1. The van der Waals surface area contributed by atoms with Crippen LogP contribution in [-0.4, -0.2) is 32.2 Å². The lowest BCUT2D eigenvalue weighted by Gasteiger charge is -2.17. The van der Waals surface area contributed by atoms with Crippen LogP contribution in [0.4, 0.5) is 5.69 Å². The van der Waals surface area contributed by atoms with Gasteiger partial charge in [0.25, 0.3) is 0 Å². The van der Waals surface area contributed by atoms with Crippen molar-refractivity contribution in [3.63, 3.8) is 0 Å². The van der Waals surface area contributed by atoms with Crippen LogP contribution in [0.25, 0.3) is 0 Å². The average molecular weight is 373 g/mol. The molecule has 0 aliphatic carbocycles. The second-order valence-corrected chi connectivity index (χ2v) is 7.55. The molecule has 0 atom stereocenters. The first-order valence-electron chi connectivity index (χ1n) is 6.57. The molecule has 1 amide bonds. The standard InChI is InChI=1S/C15H14Cl2N2O3S/c1-19(23(21,22)11-6-3-2-4-7-11)10-14(20)18-13-9-5-8-12(16)15(13)17/h2-9H,10H2,1H3,(H,18,20). The molecular weight excluding hydrogens is 359 g/mol. The molecule has 0 spiro atoms. The van der Waals surface area contributed by atoms with Crippen LogP contribution in [0.1, 0.15) is 0 Å². The van der Waals surface area contributed by atoms with Crippen LogP contribution in [0.5, 0.6) is 0 Å². The topological polar surface area (TPSA) is 66.5 Å². The Kier molecular flexibility index (Phi) is 5.64. The fourth-order valence-electron chi connectivity index (χ4n) is 1.85. The normalized spacial score (nSPS) is 11.5. The number of hydrogen-bond donors (Lipinski definition) is 1. The van der Waals surface area contributed by atoms with Gasteiger partial charge in [-0.05, 0) is 24.3 Å². The van der Waals surface area contributed by atoms with E-state index >= 15 is 0 Å². The predicted molar refractivity (Wildman–Crippen MR) is 91.3 cm³/mol. The van der Waals surface area contributed by atoms with Crippen molar-refractivity contribution in [3.8, 4) is 0 Å². The van der Waals surface area contributed by atoms with E-state index in [9.17, 15) is 13.2 Å². The molecule has 122 valence electrons. The van der Waals surface area contributed by atoms with Crippen LogP contribution < -0.4 is 5.32 Å². The van der Waals surface area contributed by atoms with Crippen molar-refractivity contribution < 1.29 is 13.2 Å². The first kappa shape index (κ1) is 17.7. The summed E-state index contributed by atoms with van der Waals surface area (Å²) in [5.74, 6) is -0.517. The van der Waals surface area contributed by atoms with Gasteiger partial charge in [0.1, 0.15) is 0 Å². The summed E-state index contributed by atoms with van der Waals surface area (Å²) >= 11 is 11.8. The van der Waals surface area contributed by atoms with Gasteiger partial charge in [0.2, 0.25) is 15.9 Å². The summed E-state index contributed by atoms with van der Waals surface area (Å²) in [6, 6.07) is 12.7. The third-order valence-electron chi connectivity index (χ3n) is 3.04. The minimum absolute atomic E-state index is 0.121. The van der Waals surface area contributed by atoms with Gasteiger partial charge in [-0.15, -0.1) is 0 Å². The number of halogens is 2. The van der Waals surface area contributed by atoms with Gasteiger partial charge in [-0.2, -0.15) is 4.31 Å². The molecule has 0 saturated carbocycles. The quantitative estimate of drug-likeness (QED) is 0.875. The zero-order valence-corrected chi connectivity index (χ0v) is 14.5. The molecule has 0 bridgehead atoms. The largest absolute Gasteiger partial charge is 0.324 e. The molecule has 0 aliphatic heterocycles. The van der Waals surface area contributed by atoms with Crippen LogP contribution in [-0.2, 0) is 14.8 Å². The highest BCUT2D eigenvalue weighted by Crippen LogP contribution is 2.29. The van der Waals surface area contributed by atoms with Crippen molar-refractivity contribution in [1.82, 2.24) is 4.31 Å². The number of likely N-dealkylation sites (N-methyl/N-ethyl adjacent to an activating group) is 1. The summed E-state index contributed by atoms with van der Waals surface area (Å²) in [5.41, 5.74) is 0.328. The minimum Gasteiger partial charge on any atom is -0.324 e. The van der Waals surface area contributed by atoms with E-state index in [0.29, 0.717) is 10.7 Å². The molecule has 2 aromatic rings. The molecule has 0 radical (unpaired) electrons. The Morgan fingerprint density at radius 1 is 1.09 bits per heavy atom. The monoisotopic (exact) mass is 372 g/mol. The number of rotatable bonds is 5. The van der Waals surface area contributed by atoms with Gasteiger partial charge < -0.3 is 5.32 Å². The van der Waals surface area contributed by atoms with E-state index in [4.69, 9.17) is 23.2 Å². The lowest BCUT2D eigenvalue weighted by Crippen LogP contribution is -2.35. The summed E-state index contributed by atoms with van der Waals surface area (Å²) in [5, 5.41) is 3.05. The number of carbonyl (C=O) groups excluding carboxylic acids is 1. The predicted octanol–water partition coefficient (Wildman–Crippen LogP) is 3.25. The third kappa shape index (κ3) is 4.23. The van der Waals surface area contributed by atoms with E-state index in [1.165, 1.54) is 19.2 Å². The third-order valence-corrected chi connectivity index (χ3v) is 5.68. The molecule has 0 fully saturated rings. The van der Waals surface area contributed by atoms with E-state index in [2.05, 4.69) is 5.32 Å². The molecule has 23 heavy (non-hydrogen) atoms. The van der Waals surface area contributed by atoms with Crippen molar-refractivity contribution in [2.24, 2.45) is 0 Å². The molecular formula is C15H14Cl2N2O3S. The summed E-state index contributed by atoms with van der Waals surface area (Å²) in [7, 11) is -2.40. The van der Waals surface area contributed by atoms with Gasteiger partial charge in [-0.25, -0.2) is 8.42 Å². The van der Waals surface area contributed by atoms with Gasteiger partial charge in [0, 0.05) is 7.05 Å². The molecule has 0 saturated heterocycles. The van der Waals surface area contributed by atoms with Gasteiger partial charge >= 0.3 is 0 Å². The molecule has 0 aliphatic rings. The first-order chi connectivity index (χ1) is 10.8. The Balaban J connectivity index is 2.10.